The number of benzene rings is 1. The van der Waals surface area contributed by atoms with Gasteiger partial charge in [-0.15, -0.1) is 11.3 Å². The highest BCUT2D eigenvalue weighted by Crippen LogP contribution is 2.39. The number of ether oxygens (including phenoxy) is 1. The summed E-state index contributed by atoms with van der Waals surface area (Å²) >= 11 is 13.7. The first-order valence-corrected chi connectivity index (χ1v) is 7.49. The number of thiazole rings is 1. The molecule has 0 radical (unpaired) electrons. The van der Waals surface area contributed by atoms with Gasteiger partial charge in [-0.2, -0.15) is 0 Å². The predicted molar refractivity (Wildman–Crippen MR) is 81.3 cm³/mol. The fraction of sp³-hybridized carbons (Fsp3) is 0.308. The van der Waals surface area contributed by atoms with Crippen LogP contribution in [0.15, 0.2) is 17.5 Å². The maximum atomic E-state index is 6.17. The van der Waals surface area contributed by atoms with Gasteiger partial charge in [0.15, 0.2) is 0 Å². The van der Waals surface area contributed by atoms with Crippen molar-refractivity contribution in [1.82, 2.24) is 4.98 Å². The maximum Gasteiger partial charge on any atom is 0.147 e. The molecule has 6 heteroatoms. The molecule has 0 bridgehead atoms. The molecule has 1 atom stereocenters. The number of nitrogens with two attached hydrogens (primary N) is 1. The molecule has 0 saturated heterocycles. The Kier molecular flexibility index (Phi) is 4.68. The molecule has 3 nitrogen and oxygen atoms in total. The molecular formula is C13H14Cl2N2OS. The lowest BCUT2D eigenvalue weighted by Crippen LogP contribution is -2.04. The van der Waals surface area contributed by atoms with Crippen LogP contribution in [0.3, 0.4) is 0 Å². The van der Waals surface area contributed by atoms with Crippen molar-refractivity contribution in [3.05, 3.63) is 32.6 Å². The van der Waals surface area contributed by atoms with E-state index >= 15 is 0 Å². The van der Waals surface area contributed by atoms with Crippen LogP contribution < -0.4 is 10.5 Å². The van der Waals surface area contributed by atoms with E-state index in [1.807, 2.05) is 19.2 Å². The van der Waals surface area contributed by atoms with Gasteiger partial charge < -0.3 is 10.5 Å². The first-order chi connectivity index (χ1) is 9.02. The molecule has 2 aromatic rings. The van der Waals surface area contributed by atoms with Crippen molar-refractivity contribution in [2.45, 2.75) is 19.9 Å². The van der Waals surface area contributed by atoms with Gasteiger partial charge >= 0.3 is 0 Å². The molecule has 2 rings (SSSR count). The van der Waals surface area contributed by atoms with Crippen LogP contribution in [0, 0.1) is 0 Å². The van der Waals surface area contributed by atoms with Crippen LogP contribution in [0.5, 0.6) is 5.75 Å². The minimum absolute atomic E-state index is 0.0936. The van der Waals surface area contributed by atoms with Crippen LogP contribution in [-0.4, -0.2) is 11.6 Å². The van der Waals surface area contributed by atoms with Gasteiger partial charge in [-0.1, -0.05) is 23.2 Å². The molecule has 2 N–H and O–H groups in total. The summed E-state index contributed by atoms with van der Waals surface area (Å²) in [7, 11) is 0. The number of aromatic nitrogens is 1. The lowest BCUT2D eigenvalue weighted by Gasteiger charge is -2.11. The lowest BCUT2D eigenvalue weighted by atomic mass is 10.1. The Bertz CT molecular complexity index is 584. The van der Waals surface area contributed by atoms with E-state index < -0.39 is 0 Å². The Morgan fingerprint density at radius 1 is 1.42 bits per heavy atom. The smallest absolute Gasteiger partial charge is 0.147 e. The van der Waals surface area contributed by atoms with E-state index in [0.29, 0.717) is 22.4 Å². The van der Waals surface area contributed by atoms with Gasteiger partial charge in [-0.3, -0.25) is 0 Å². The third-order valence-electron chi connectivity index (χ3n) is 2.48. The Balaban J connectivity index is 2.52. The summed E-state index contributed by atoms with van der Waals surface area (Å²) in [5, 5.41) is 3.84. The van der Waals surface area contributed by atoms with Crippen molar-refractivity contribution in [2.24, 2.45) is 5.73 Å². The molecule has 1 unspecified atom stereocenters. The Morgan fingerprint density at radius 2 is 2.16 bits per heavy atom. The van der Waals surface area contributed by atoms with Crippen molar-refractivity contribution in [1.29, 1.82) is 0 Å². The van der Waals surface area contributed by atoms with Crippen molar-refractivity contribution in [2.75, 3.05) is 6.61 Å². The minimum Gasteiger partial charge on any atom is -0.492 e. The second-order valence-corrected chi connectivity index (χ2v) is 5.79. The highest BCUT2D eigenvalue weighted by Gasteiger charge is 2.16. The van der Waals surface area contributed by atoms with Gasteiger partial charge in [0.2, 0.25) is 0 Å². The average molecular weight is 317 g/mol. The number of rotatable bonds is 4. The predicted octanol–water partition coefficient (Wildman–Crippen LogP) is 4.54. The van der Waals surface area contributed by atoms with E-state index in [1.54, 1.807) is 12.1 Å². The molecule has 102 valence electrons. The second-order valence-electron chi connectivity index (χ2n) is 4.06. The van der Waals surface area contributed by atoms with Crippen LogP contribution in [0.1, 0.15) is 24.9 Å². The van der Waals surface area contributed by atoms with Crippen LogP contribution in [0.4, 0.5) is 0 Å². The van der Waals surface area contributed by atoms with E-state index in [9.17, 15) is 0 Å². The summed E-state index contributed by atoms with van der Waals surface area (Å²) < 4.78 is 5.59. The standard InChI is InChI=1S/C13H14Cl2N2OS/c1-3-18-12-9(4-8(14)5-10(12)15)11-6-19-13(17-11)7(2)16/h4-7H,3,16H2,1-2H3. The molecule has 0 fully saturated rings. The molecule has 0 amide bonds. The van der Waals surface area contributed by atoms with E-state index in [-0.39, 0.29) is 6.04 Å². The SMILES string of the molecule is CCOc1c(Cl)cc(Cl)cc1-c1csc(C(C)N)n1. The maximum absolute atomic E-state index is 6.17. The van der Waals surface area contributed by atoms with Gasteiger partial charge in [-0.25, -0.2) is 4.98 Å². The quantitative estimate of drug-likeness (QED) is 0.901. The molecule has 0 aliphatic carbocycles. The molecule has 0 aliphatic rings. The molecule has 0 spiro atoms. The Morgan fingerprint density at radius 3 is 2.74 bits per heavy atom. The van der Waals surface area contributed by atoms with E-state index in [0.717, 1.165) is 16.3 Å². The molecule has 1 heterocycles. The monoisotopic (exact) mass is 316 g/mol. The largest absolute Gasteiger partial charge is 0.492 e. The van der Waals surface area contributed by atoms with Gasteiger partial charge in [0.05, 0.1) is 23.4 Å². The first kappa shape index (κ1) is 14.6. The highest BCUT2D eigenvalue weighted by atomic mass is 35.5. The Hall–Kier alpha value is -0.810. The topological polar surface area (TPSA) is 48.1 Å². The summed E-state index contributed by atoms with van der Waals surface area (Å²) in [6.45, 7) is 4.33. The zero-order chi connectivity index (χ0) is 14.0. The minimum atomic E-state index is -0.0936. The fourth-order valence-corrected chi connectivity index (χ4v) is 2.99. The second kappa shape index (κ2) is 6.09. The van der Waals surface area contributed by atoms with Crippen LogP contribution in [0.2, 0.25) is 10.0 Å². The van der Waals surface area contributed by atoms with E-state index in [1.165, 1.54) is 11.3 Å². The molecule has 0 aliphatic heterocycles. The zero-order valence-corrected chi connectivity index (χ0v) is 12.9. The summed E-state index contributed by atoms with van der Waals surface area (Å²) in [6.07, 6.45) is 0. The third-order valence-corrected chi connectivity index (χ3v) is 4.03. The summed E-state index contributed by atoms with van der Waals surface area (Å²) in [5.41, 5.74) is 7.40. The third kappa shape index (κ3) is 3.20. The molecule has 19 heavy (non-hydrogen) atoms. The Labute approximate surface area is 126 Å². The molecule has 1 aromatic heterocycles. The fourth-order valence-electron chi connectivity index (χ4n) is 1.66. The number of hydrogen-bond donors (Lipinski definition) is 1. The van der Waals surface area contributed by atoms with E-state index in [4.69, 9.17) is 33.7 Å². The van der Waals surface area contributed by atoms with E-state index in [2.05, 4.69) is 4.98 Å². The number of halogens is 2. The van der Waals surface area contributed by atoms with Crippen molar-refractivity contribution < 1.29 is 4.74 Å². The summed E-state index contributed by atoms with van der Waals surface area (Å²) in [4.78, 5) is 4.50. The summed E-state index contributed by atoms with van der Waals surface area (Å²) in [5.74, 6) is 0.607. The van der Waals surface area contributed by atoms with Crippen LogP contribution in [0.25, 0.3) is 11.3 Å². The van der Waals surface area contributed by atoms with Gasteiger partial charge in [0.1, 0.15) is 10.8 Å². The molecular weight excluding hydrogens is 303 g/mol. The normalized spacial score (nSPS) is 12.5. The first-order valence-electron chi connectivity index (χ1n) is 5.86. The van der Waals surface area contributed by atoms with Gasteiger partial charge in [0.25, 0.3) is 0 Å². The van der Waals surface area contributed by atoms with Crippen LogP contribution in [-0.2, 0) is 0 Å². The van der Waals surface area contributed by atoms with Crippen molar-refractivity contribution in [3.8, 4) is 17.0 Å². The van der Waals surface area contributed by atoms with Crippen molar-refractivity contribution >= 4 is 34.5 Å². The lowest BCUT2D eigenvalue weighted by molar-refractivity contribution is 0.342. The number of hydrogen-bond acceptors (Lipinski definition) is 4. The zero-order valence-electron chi connectivity index (χ0n) is 10.6. The molecule has 0 saturated carbocycles. The molecule has 1 aromatic carbocycles. The van der Waals surface area contributed by atoms with Crippen LogP contribution >= 0.6 is 34.5 Å². The number of nitrogens with zero attached hydrogens (tertiary/aromatic N) is 1. The highest BCUT2D eigenvalue weighted by molar-refractivity contribution is 7.10. The van der Waals surface area contributed by atoms with Gasteiger partial charge in [0, 0.05) is 16.0 Å². The van der Waals surface area contributed by atoms with Gasteiger partial charge in [-0.05, 0) is 26.0 Å². The average Bonchev–Trinajstić information content (AvgIpc) is 2.81. The van der Waals surface area contributed by atoms with Crippen molar-refractivity contribution in [3.63, 3.8) is 0 Å². The summed E-state index contributed by atoms with van der Waals surface area (Å²) in [6, 6.07) is 3.37.